The van der Waals surface area contributed by atoms with Crippen molar-refractivity contribution in [2.24, 2.45) is 0 Å². The summed E-state index contributed by atoms with van der Waals surface area (Å²) in [6.07, 6.45) is 0. The number of nitrogens with zero attached hydrogens (tertiary/aromatic N) is 1. The summed E-state index contributed by atoms with van der Waals surface area (Å²) < 4.78 is 0.692. The van der Waals surface area contributed by atoms with Crippen molar-refractivity contribution in [1.82, 2.24) is 4.98 Å². The van der Waals surface area contributed by atoms with Crippen LogP contribution < -0.4 is 5.32 Å². The SMILES string of the molecule is Cc1cc(NC(=O)CCl)cc(Br)n1. The predicted octanol–water partition coefficient (Wildman–Crippen LogP) is 2.33. The molecule has 0 bridgehead atoms. The third-order valence-corrected chi connectivity index (χ3v) is 1.98. The Morgan fingerprint density at radius 3 is 2.92 bits per heavy atom. The lowest BCUT2D eigenvalue weighted by Crippen LogP contribution is -2.12. The van der Waals surface area contributed by atoms with Gasteiger partial charge in [0, 0.05) is 11.4 Å². The van der Waals surface area contributed by atoms with E-state index in [0.29, 0.717) is 10.3 Å². The summed E-state index contributed by atoms with van der Waals surface area (Å²) in [4.78, 5) is 15.0. The van der Waals surface area contributed by atoms with Crippen molar-refractivity contribution in [3.05, 3.63) is 22.4 Å². The number of pyridine rings is 1. The molecule has 0 atom stereocenters. The zero-order valence-electron chi connectivity index (χ0n) is 6.97. The zero-order valence-corrected chi connectivity index (χ0v) is 9.32. The number of hydrogen-bond donors (Lipinski definition) is 1. The van der Waals surface area contributed by atoms with Gasteiger partial charge in [0.25, 0.3) is 0 Å². The number of aromatic nitrogens is 1. The molecular formula is C8H8BrClN2O. The van der Waals surface area contributed by atoms with Gasteiger partial charge >= 0.3 is 0 Å². The average Bonchev–Trinajstić information content (AvgIpc) is 2.02. The fraction of sp³-hybridized carbons (Fsp3) is 0.250. The first kappa shape index (κ1) is 10.5. The van der Waals surface area contributed by atoms with E-state index in [0.717, 1.165) is 5.69 Å². The van der Waals surface area contributed by atoms with Crippen molar-refractivity contribution < 1.29 is 4.79 Å². The maximum absolute atomic E-state index is 10.9. The molecule has 0 spiro atoms. The first-order valence-electron chi connectivity index (χ1n) is 3.62. The van der Waals surface area contributed by atoms with Gasteiger partial charge in [-0.05, 0) is 35.0 Å². The van der Waals surface area contributed by atoms with Crippen LogP contribution in [0.1, 0.15) is 5.69 Å². The summed E-state index contributed by atoms with van der Waals surface area (Å²) >= 11 is 8.57. The van der Waals surface area contributed by atoms with Gasteiger partial charge in [0.2, 0.25) is 5.91 Å². The fourth-order valence-electron chi connectivity index (χ4n) is 0.895. The minimum atomic E-state index is -0.223. The molecule has 0 fully saturated rings. The first-order chi connectivity index (χ1) is 6.11. The number of anilines is 1. The fourth-order valence-corrected chi connectivity index (χ4v) is 1.49. The number of rotatable bonds is 2. The van der Waals surface area contributed by atoms with Crippen molar-refractivity contribution in [1.29, 1.82) is 0 Å². The van der Waals surface area contributed by atoms with Crippen molar-refractivity contribution in [2.75, 3.05) is 11.2 Å². The molecule has 0 aromatic carbocycles. The van der Waals surface area contributed by atoms with Crippen LogP contribution in [0.3, 0.4) is 0 Å². The number of amides is 1. The standard InChI is InChI=1S/C8H8BrClN2O/c1-5-2-6(3-7(9)11-5)12-8(13)4-10/h2-3H,4H2,1H3,(H,11,12,13). The molecule has 0 aliphatic rings. The van der Waals surface area contributed by atoms with E-state index in [1.165, 1.54) is 0 Å². The second-order valence-corrected chi connectivity index (χ2v) is 3.58. The van der Waals surface area contributed by atoms with E-state index in [1.807, 2.05) is 6.92 Å². The normalized spacial score (nSPS) is 9.77. The third-order valence-electron chi connectivity index (χ3n) is 1.33. The van der Waals surface area contributed by atoms with E-state index >= 15 is 0 Å². The highest BCUT2D eigenvalue weighted by atomic mass is 79.9. The lowest BCUT2D eigenvalue weighted by atomic mass is 10.3. The van der Waals surface area contributed by atoms with Gasteiger partial charge < -0.3 is 5.32 Å². The molecule has 3 nitrogen and oxygen atoms in total. The molecule has 0 saturated heterocycles. The maximum Gasteiger partial charge on any atom is 0.239 e. The minimum absolute atomic E-state index is 0.0427. The number of carbonyl (C=O) groups is 1. The largest absolute Gasteiger partial charge is 0.325 e. The Balaban J connectivity index is 2.83. The van der Waals surface area contributed by atoms with Crippen LogP contribution in [0.4, 0.5) is 5.69 Å². The van der Waals surface area contributed by atoms with Crippen LogP contribution in [0.25, 0.3) is 0 Å². The summed E-state index contributed by atoms with van der Waals surface area (Å²) in [5.41, 5.74) is 1.53. The second kappa shape index (κ2) is 4.58. The Hall–Kier alpha value is -0.610. The van der Waals surface area contributed by atoms with Crippen molar-refractivity contribution >= 4 is 39.1 Å². The number of carbonyl (C=O) groups excluding carboxylic acids is 1. The van der Waals surface area contributed by atoms with Gasteiger partial charge in [0.1, 0.15) is 10.5 Å². The van der Waals surface area contributed by atoms with Gasteiger partial charge in [0.05, 0.1) is 0 Å². The molecule has 0 saturated carbocycles. The van der Waals surface area contributed by atoms with Crippen LogP contribution >= 0.6 is 27.5 Å². The highest BCUT2D eigenvalue weighted by molar-refractivity contribution is 9.10. The van der Waals surface area contributed by atoms with E-state index in [2.05, 4.69) is 26.2 Å². The molecule has 0 aliphatic carbocycles. The Bertz CT molecular complexity index is 310. The second-order valence-electron chi connectivity index (χ2n) is 2.50. The summed E-state index contributed by atoms with van der Waals surface area (Å²) in [6.45, 7) is 1.85. The molecule has 5 heteroatoms. The average molecular weight is 264 g/mol. The monoisotopic (exact) mass is 262 g/mol. The lowest BCUT2D eigenvalue weighted by Gasteiger charge is -2.03. The Morgan fingerprint density at radius 2 is 2.38 bits per heavy atom. The number of halogens is 2. The van der Waals surface area contributed by atoms with Crippen LogP contribution in [0, 0.1) is 6.92 Å². The summed E-state index contributed by atoms with van der Waals surface area (Å²) in [6, 6.07) is 3.49. The van der Waals surface area contributed by atoms with Gasteiger partial charge in [-0.2, -0.15) is 0 Å². The quantitative estimate of drug-likeness (QED) is 0.657. The van der Waals surface area contributed by atoms with Crippen LogP contribution in [0.15, 0.2) is 16.7 Å². The van der Waals surface area contributed by atoms with E-state index in [4.69, 9.17) is 11.6 Å². The number of hydrogen-bond acceptors (Lipinski definition) is 2. The Labute approximate surface area is 89.6 Å². The number of nitrogens with one attached hydrogen (secondary N) is 1. The van der Waals surface area contributed by atoms with E-state index in [9.17, 15) is 4.79 Å². The van der Waals surface area contributed by atoms with Crippen molar-refractivity contribution in [3.8, 4) is 0 Å². The van der Waals surface area contributed by atoms with Crippen LogP contribution in [-0.2, 0) is 4.79 Å². The predicted molar refractivity (Wildman–Crippen MR) is 56.0 cm³/mol. The number of aryl methyl sites for hydroxylation is 1. The van der Waals surface area contributed by atoms with Gasteiger partial charge in [0.15, 0.2) is 0 Å². The maximum atomic E-state index is 10.9. The Morgan fingerprint density at radius 1 is 1.69 bits per heavy atom. The van der Waals surface area contributed by atoms with E-state index in [-0.39, 0.29) is 11.8 Å². The molecule has 1 N–H and O–H groups in total. The van der Waals surface area contributed by atoms with Gasteiger partial charge in [-0.3, -0.25) is 4.79 Å². The van der Waals surface area contributed by atoms with Crippen LogP contribution in [-0.4, -0.2) is 16.8 Å². The van der Waals surface area contributed by atoms with Gasteiger partial charge in [-0.15, -0.1) is 11.6 Å². The summed E-state index contributed by atoms with van der Waals surface area (Å²) in [5.74, 6) is -0.266. The molecule has 1 aromatic heterocycles. The van der Waals surface area contributed by atoms with Gasteiger partial charge in [-0.1, -0.05) is 0 Å². The smallest absolute Gasteiger partial charge is 0.239 e. The van der Waals surface area contributed by atoms with Gasteiger partial charge in [-0.25, -0.2) is 4.98 Å². The third kappa shape index (κ3) is 3.32. The van der Waals surface area contributed by atoms with E-state index in [1.54, 1.807) is 12.1 Å². The first-order valence-corrected chi connectivity index (χ1v) is 4.94. The summed E-state index contributed by atoms with van der Waals surface area (Å²) in [5, 5.41) is 2.63. The minimum Gasteiger partial charge on any atom is -0.325 e. The highest BCUT2D eigenvalue weighted by Crippen LogP contribution is 2.15. The lowest BCUT2D eigenvalue weighted by molar-refractivity contribution is -0.113. The van der Waals surface area contributed by atoms with Crippen LogP contribution in [0.5, 0.6) is 0 Å². The Kier molecular flexibility index (Phi) is 3.69. The topological polar surface area (TPSA) is 42.0 Å². The molecular weight excluding hydrogens is 255 g/mol. The molecule has 0 radical (unpaired) electrons. The van der Waals surface area contributed by atoms with Crippen molar-refractivity contribution in [3.63, 3.8) is 0 Å². The molecule has 0 unspecified atom stereocenters. The zero-order chi connectivity index (χ0) is 9.84. The molecule has 1 aromatic rings. The number of alkyl halides is 1. The molecule has 0 aliphatic heterocycles. The summed E-state index contributed by atoms with van der Waals surface area (Å²) in [7, 11) is 0. The molecule has 13 heavy (non-hydrogen) atoms. The molecule has 1 rings (SSSR count). The highest BCUT2D eigenvalue weighted by Gasteiger charge is 2.01. The molecule has 70 valence electrons. The van der Waals surface area contributed by atoms with E-state index < -0.39 is 0 Å². The van der Waals surface area contributed by atoms with Crippen LogP contribution in [0.2, 0.25) is 0 Å². The molecule has 1 heterocycles. The molecule has 1 amide bonds. The van der Waals surface area contributed by atoms with Crippen molar-refractivity contribution in [2.45, 2.75) is 6.92 Å².